The predicted octanol–water partition coefficient (Wildman–Crippen LogP) is 4.67. The van der Waals surface area contributed by atoms with E-state index < -0.39 is 0 Å². The molecule has 2 saturated carbocycles. The van der Waals surface area contributed by atoms with Gasteiger partial charge in [0.2, 0.25) is 0 Å². The van der Waals surface area contributed by atoms with Crippen molar-refractivity contribution >= 4 is 0 Å². The van der Waals surface area contributed by atoms with E-state index in [4.69, 9.17) is 9.47 Å². The average Bonchev–Trinajstić information content (AvgIpc) is 3.30. The van der Waals surface area contributed by atoms with Crippen molar-refractivity contribution in [1.29, 1.82) is 0 Å². The molecule has 0 bridgehead atoms. The lowest BCUT2D eigenvalue weighted by Crippen LogP contribution is -2.44. The quantitative estimate of drug-likeness (QED) is 0.708. The minimum Gasteiger partial charge on any atom is -0.366 e. The van der Waals surface area contributed by atoms with E-state index in [1.165, 1.54) is 25.7 Å². The Kier molecular flexibility index (Phi) is 3.32. The van der Waals surface area contributed by atoms with Gasteiger partial charge in [-0.1, -0.05) is 41.5 Å². The Morgan fingerprint density at radius 1 is 0.727 bits per heavy atom. The fraction of sp³-hybridized carbons (Fsp3) is 1.00. The van der Waals surface area contributed by atoms with Crippen LogP contribution in [0.4, 0.5) is 0 Å². The molecule has 2 aliphatic heterocycles. The summed E-state index contributed by atoms with van der Waals surface area (Å²) in [5, 5.41) is 0. The average molecular weight is 306 g/mol. The second-order valence-corrected chi connectivity index (χ2v) is 9.59. The van der Waals surface area contributed by atoms with Gasteiger partial charge in [0, 0.05) is 0 Å². The largest absolute Gasteiger partial charge is 0.366 e. The van der Waals surface area contributed by atoms with Crippen molar-refractivity contribution in [3.05, 3.63) is 0 Å². The molecule has 2 saturated heterocycles. The van der Waals surface area contributed by atoms with Gasteiger partial charge in [-0.25, -0.2) is 0 Å². The van der Waals surface area contributed by atoms with Crippen molar-refractivity contribution in [2.75, 3.05) is 0 Å². The van der Waals surface area contributed by atoms with Gasteiger partial charge in [-0.05, 0) is 61.2 Å². The van der Waals surface area contributed by atoms with Gasteiger partial charge in [0.25, 0.3) is 0 Å². The molecule has 0 radical (unpaired) electrons. The zero-order valence-electron chi connectivity index (χ0n) is 15.3. The SMILES string of the molecule is CC1CC2OC2(C(C)C)CC1C1CC2(C(C)C)OC2CC1C. The van der Waals surface area contributed by atoms with E-state index in [2.05, 4.69) is 41.5 Å². The van der Waals surface area contributed by atoms with Crippen LogP contribution in [0.3, 0.4) is 0 Å². The molecule has 0 spiro atoms. The van der Waals surface area contributed by atoms with Crippen LogP contribution in [-0.4, -0.2) is 23.4 Å². The van der Waals surface area contributed by atoms with Crippen LogP contribution in [0.2, 0.25) is 0 Å². The Labute approximate surface area is 136 Å². The molecular formula is C20H34O2. The van der Waals surface area contributed by atoms with E-state index in [1.807, 2.05) is 0 Å². The fourth-order valence-electron chi connectivity index (χ4n) is 6.11. The van der Waals surface area contributed by atoms with Gasteiger partial charge in [0.05, 0.1) is 23.4 Å². The molecule has 2 heterocycles. The van der Waals surface area contributed by atoms with Crippen LogP contribution >= 0.6 is 0 Å². The molecule has 8 unspecified atom stereocenters. The van der Waals surface area contributed by atoms with Gasteiger partial charge in [-0.2, -0.15) is 0 Å². The Morgan fingerprint density at radius 3 is 1.41 bits per heavy atom. The van der Waals surface area contributed by atoms with Crippen LogP contribution in [-0.2, 0) is 9.47 Å². The van der Waals surface area contributed by atoms with Crippen LogP contribution < -0.4 is 0 Å². The van der Waals surface area contributed by atoms with E-state index in [0.717, 1.165) is 23.7 Å². The van der Waals surface area contributed by atoms with E-state index >= 15 is 0 Å². The third-order valence-corrected chi connectivity index (χ3v) is 7.95. The van der Waals surface area contributed by atoms with Gasteiger partial charge in [-0.15, -0.1) is 0 Å². The molecule has 0 aromatic rings. The summed E-state index contributed by atoms with van der Waals surface area (Å²) in [6.07, 6.45) is 6.27. The Balaban J connectivity index is 1.55. The molecule has 4 fully saturated rings. The van der Waals surface area contributed by atoms with Crippen molar-refractivity contribution in [2.24, 2.45) is 35.5 Å². The lowest BCUT2D eigenvalue weighted by molar-refractivity contribution is 0.0592. The van der Waals surface area contributed by atoms with Gasteiger partial charge >= 0.3 is 0 Å². The van der Waals surface area contributed by atoms with Crippen molar-refractivity contribution in [2.45, 2.75) is 90.6 Å². The fourth-order valence-corrected chi connectivity index (χ4v) is 6.11. The van der Waals surface area contributed by atoms with Crippen LogP contribution in [0.25, 0.3) is 0 Å². The third-order valence-electron chi connectivity index (χ3n) is 7.95. The standard InChI is InChI=1S/C20H34O2/c1-11(2)19-9-15(13(5)7-17(19)21-19)16-10-20(12(3)4)18(22-20)8-14(16)6/h11-18H,7-10H2,1-6H3. The van der Waals surface area contributed by atoms with Crippen molar-refractivity contribution in [3.8, 4) is 0 Å². The number of ether oxygens (including phenoxy) is 2. The lowest BCUT2D eigenvalue weighted by Gasteiger charge is -2.44. The first-order chi connectivity index (χ1) is 10.3. The summed E-state index contributed by atoms with van der Waals surface area (Å²) < 4.78 is 12.5. The minimum absolute atomic E-state index is 0.225. The van der Waals surface area contributed by atoms with Crippen LogP contribution in [0.5, 0.6) is 0 Å². The van der Waals surface area contributed by atoms with Crippen molar-refractivity contribution in [1.82, 2.24) is 0 Å². The maximum absolute atomic E-state index is 6.23. The topological polar surface area (TPSA) is 25.1 Å². The highest BCUT2D eigenvalue weighted by Gasteiger charge is 2.67. The predicted molar refractivity (Wildman–Crippen MR) is 88.7 cm³/mol. The maximum atomic E-state index is 6.23. The van der Waals surface area contributed by atoms with Gasteiger partial charge in [-0.3, -0.25) is 0 Å². The van der Waals surface area contributed by atoms with Gasteiger partial charge < -0.3 is 9.47 Å². The third kappa shape index (κ3) is 1.99. The van der Waals surface area contributed by atoms with Crippen molar-refractivity contribution < 1.29 is 9.47 Å². The Hall–Kier alpha value is -0.0800. The Morgan fingerprint density at radius 2 is 1.09 bits per heavy atom. The summed E-state index contributed by atoms with van der Waals surface area (Å²) in [5.74, 6) is 4.61. The molecule has 2 heteroatoms. The number of hydrogen-bond acceptors (Lipinski definition) is 2. The summed E-state index contributed by atoms with van der Waals surface area (Å²) in [4.78, 5) is 0. The molecule has 4 aliphatic rings. The molecule has 0 aromatic heterocycles. The van der Waals surface area contributed by atoms with Crippen LogP contribution in [0.15, 0.2) is 0 Å². The smallest absolute Gasteiger partial charge is 0.0974 e. The highest BCUT2D eigenvalue weighted by Crippen LogP contribution is 2.63. The van der Waals surface area contributed by atoms with E-state index in [1.54, 1.807) is 0 Å². The summed E-state index contributed by atoms with van der Waals surface area (Å²) >= 11 is 0. The van der Waals surface area contributed by atoms with E-state index in [9.17, 15) is 0 Å². The summed E-state index contributed by atoms with van der Waals surface area (Å²) in [5.41, 5.74) is 0.451. The van der Waals surface area contributed by atoms with E-state index in [-0.39, 0.29) is 11.2 Å². The maximum Gasteiger partial charge on any atom is 0.0974 e. The second-order valence-electron chi connectivity index (χ2n) is 9.59. The first kappa shape index (κ1) is 15.4. The molecule has 2 aliphatic carbocycles. The molecule has 22 heavy (non-hydrogen) atoms. The van der Waals surface area contributed by atoms with Crippen molar-refractivity contribution in [3.63, 3.8) is 0 Å². The number of fused-ring (bicyclic) bond motifs is 2. The lowest BCUT2D eigenvalue weighted by atomic mass is 9.59. The highest BCUT2D eigenvalue weighted by molar-refractivity contribution is 5.15. The summed E-state index contributed by atoms with van der Waals surface area (Å²) in [7, 11) is 0. The van der Waals surface area contributed by atoms with Crippen LogP contribution in [0, 0.1) is 35.5 Å². The summed E-state index contributed by atoms with van der Waals surface area (Å²) in [6, 6.07) is 0. The molecule has 8 atom stereocenters. The first-order valence-electron chi connectivity index (χ1n) is 9.66. The number of epoxide rings is 2. The molecule has 0 amide bonds. The Bertz CT molecular complexity index is 417. The molecule has 0 N–H and O–H groups in total. The van der Waals surface area contributed by atoms with E-state index in [0.29, 0.717) is 24.0 Å². The van der Waals surface area contributed by atoms with Gasteiger partial charge in [0.15, 0.2) is 0 Å². The monoisotopic (exact) mass is 306 g/mol. The molecule has 2 nitrogen and oxygen atoms in total. The van der Waals surface area contributed by atoms with Gasteiger partial charge in [0.1, 0.15) is 0 Å². The zero-order valence-corrected chi connectivity index (χ0v) is 15.3. The summed E-state index contributed by atoms with van der Waals surface area (Å²) in [6.45, 7) is 14.4. The van der Waals surface area contributed by atoms with Crippen LogP contribution in [0.1, 0.15) is 67.2 Å². The second kappa shape index (κ2) is 4.72. The minimum atomic E-state index is 0.225. The highest BCUT2D eigenvalue weighted by atomic mass is 16.6. The molecule has 126 valence electrons. The molecule has 4 rings (SSSR count). The first-order valence-corrected chi connectivity index (χ1v) is 9.66. The number of hydrogen-bond donors (Lipinski definition) is 0. The number of rotatable bonds is 3. The zero-order chi connectivity index (χ0) is 15.9. The normalized spacial score (nSPS) is 56.7. The molecular weight excluding hydrogens is 272 g/mol. The molecule has 0 aromatic carbocycles.